The van der Waals surface area contributed by atoms with E-state index >= 15 is 0 Å². The van der Waals surface area contributed by atoms with Gasteiger partial charge in [0.2, 0.25) is 5.91 Å². The first-order valence-electron chi connectivity index (χ1n) is 10.4. The van der Waals surface area contributed by atoms with Crippen LogP contribution in [0.4, 0.5) is 5.69 Å². The highest BCUT2D eigenvalue weighted by molar-refractivity contribution is 5.96. The van der Waals surface area contributed by atoms with Gasteiger partial charge in [-0.05, 0) is 49.5 Å². The molecule has 0 saturated carbocycles. The highest BCUT2D eigenvalue weighted by atomic mass is 16.5. The van der Waals surface area contributed by atoms with Gasteiger partial charge in [0.05, 0.1) is 25.4 Å². The van der Waals surface area contributed by atoms with E-state index in [2.05, 4.69) is 24.1 Å². The fraction of sp³-hybridized carbons (Fsp3) is 0.333. The zero-order valence-corrected chi connectivity index (χ0v) is 18.1. The molecule has 1 aromatic heterocycles. The van der Waals surface area contributed by atoms with E-state index in [1.807, 2.05) is 12.1 Å². The smallest absolute Gasteiger partial charge is 0.338 e. The molecular weight excluding hydrogens is 396 g/mol. The molecule has 2 aromatic carbocycles. The zero-order valence-electron chi connectivity index (χ0n) is 18.1. The lowest BCUT2D eigenvalue weighted by atomic mass is 10.1. The molecule has 0 radical (unpaired) electrons. The molecule has 1 N–H and O–H groups in total. The van der Waals surface area contributed by atoms with Gasteiger partial charge in [-0.25, -0.2) is 4.79 Å². The summed E-state index contributed by atoms with van der Waals surface area (Å²) in [6, 6.07) is 12.2. The second kappa shape index (κ2) is 10.6. The standard InChI is InChI=1S/C24H28N2O5/c1-4-26(5-2)12-13-30-24(28)17-6-8-19(9-7-17)25-23(27)14-18-16-31-22-15-20(29-3)10-11-21(18)22/h6-11,15-16H,4-5,12-14H2,1-3H3,(H,25,27). The molecule has 3 aromatic rings. The fourth-order valence-corrected chi connectivity index (χ4v) is 3.29. The van der Waals surface area contributed by atoms with E-state index in [0.717, 1.165) is 24.0 Å². The van der Waals surface area contributed by atoms with Gasteiger partial charge in [0, 0.05) is 29.2 Å². The van der Waals surface area contributed by atoms with Crippen LogP contribution in [0.25, 0.3) is 11.0 Å². The zero-order chi connectivity index (χ0) is 22.2. The van der Waals surface area contributed by atoms with Gasteiger partial charge in [0.1, 0.15) is 17.9 Å². The number of hydrogen-bond acceptors (Lipinski definition) is 6. The molecule has 164 valence electrons. The number of ether oxygens (including phenoxy) is 2. The number of nitrogens with one attached hydrogen (secondary N) is 1. The predicted octanol–water partition coefficient (Wildman–Crippen LogP) is 4.12. The summed E-state index contributed by atoms with van der Waals surface area (Å²) in [6.45, 7) is 7.05. The maximum absolute atomic E-state index is 12.5. The Morgan fingerprint density at radius 2 is 1.81 bits per heavy atom. The van der Waals surface area contributed by atoms with Crippen LogP contribution in [0.5, 0.6) is 5.75 Å². The van der Waals surface area contributed by atoms with Crippen molar-refractivity contribution in [3.05, 3.63) is 59.9 Å². The van der Waals surface area contributed by atoms with Crippen molar-refractivity contribution in [2.24, 2.45) is 0 Å². The summed E-state index contributed by atoms with van der Waals surface area (Å²) in [4.78, 5) is 26.8. The summed E-state index contributed by atoms with van der Waals surface area (Å²) in [6.07, 6.45) is 1.76. The summed E-state index contributed by atoms with van der Waals surface area (Å²) in [7, 11) is 1.59. The predicted molar refractivity (Wildman–Crippen MR) is 120 cm³/mol. The number of benzene rings is 2. The second-order valence-corrected chi connectivity index (χ2v) is 7.09. The number of fused-ring (bicyclic) bond motifs is 1. The van der Waals surface area contributed by atoms with Crippen LogP contribution in [0.15, 0.2) is 53.1 Å². The normalized spacial score (nSPS) is 11.0. The van der Waals surface area contributed by atoms with Gasteiger partial charge in [-0.1, -0.05) is 13.8 Å². The monoisotopic (exact) mass is 424 g/mol. The third-order valence-corrected chi connectivity index (χ3v) is 5.15. The molecule has 0 aliphatic heterocycles. The maximum Gasteiger partial charge on any atom is 0.338 e. The van der Waals surface area contributed by atoms with Crippen molar-refractivity contribution in [3.8, 4) is 5.75 Å². The lowest BCUT2D eigenvalue weighted by Crippen LogP contribution is -2.27. The Bertz CT molecular complexity index is 1020. The Kier molecular flexibility index (Phi) is 7.67. The van der Waals surface area contributed by atoms with E-state index in [-0.39, 0.29) is 18.3 Å². The molecule has 1 amide bonds. The van der Waals surface area contributed by atoms with E-state index in [9.17, 15) is 9.59 Å². The first kappa shape index (κ1) is 22.4. The van der Waals surface area contributed by atoms with Crippen molar-refractivity contribution in [2.75, 3.05) is 38.7 Å². The summed E-state index contributed by atoms with van der Waals surface area (Å²) in [5.74, 6) is 0.155. The Morgan fingerprint density at radius 1 is 1.06 bits per heavy atom. The number of nitrogens with zero attached hydrogens (tertiary/aromatic N) is 1. The maximum atomic E-state index is 12.5. The number of hydrogen-bond donors (Lipinski definition) is 1. The molecule has 3 rings (SSSR count). The third kappa shape index (κ3) is 5.86. The summed E-state index contributed by atoms with van der Waals surface area (Å²) in [5.41, 5.74) is 2.53. The number of methoxy groups -OCH3 is 1. The van der Waals surface area contributed by atoms with Crippen LogP contribution < -0.4 is 10.1 Å². The SMILES string of the molecule is CCN(CC)CCOC(=O)c1ccc(NC(=O)Cc2coc3cc(OC)ccc23)cc1. The number of amides is 1. The van der Waals surface area contributed by atoms with Gasteiger partial charge in [0.15, 0.2) is 0 Å². The quantitative estimate of drug-likeness (QED) is 0.493. The molecular formula is C24H28N2O5. The summed E-state index contributed by atoms with van der Waals surface area (Å²) >= 11 is 0. The van der Waals surface area contributed by atoms with Crippen molar-refractivity contribution < 1.29 is 23.5 Å². The number of furan rings is 1. The molecule has 0 atom stereocenters. The molecule has 1 heterocycles. The summed E-state index contributed by atoms with van der Waals surface area (Å²) < 4.78 is 16.0. The van der Waals surface area contributed by atoms with Gasteiger partial charge in [-0.15, -0.1) is 0 Å². The van der Waals surface area contributed by atoms with Crippen LogP contribution >= 0.6 is 0 Å². The molecule has 0 saturated heterocycles. The molecule has 31 heavy (non-hydrogen) atoms. The van der Waals surface area contributed by atoms with Crippen LogP contribution in [0, 0.1) is 0 Å². The Labute approximate surface area is 181 Å². The average Bonchev–Trinajstić information content (AvgIpc) is 3.18. The van der Waals surface area contributed by atoms with Gasteiger partial charge < -0.3 is 24.1 Å². The number of carbonyl (C=O) groups is 2. The molecule has 0 fully saturated rings. The lowest BCUT2D eigenvalue weighted by Gasteiger charge is -2.17. The van der Waals surface area contributed by atoms with E-state index in [1.165, 1.54) is 0 Å². The van der Waals surface area contributed by atoms with E-state index in [4.69, 9.17) is 13.9 Å². The second-order valence-electron chi connectivity index (χ2n) is 7.09. The minimum atomic E-state index is -0.370. The largest absolute Gasteiger partial charge is 0.497 e. The Morgan fingerprint density at radius 3 is 2.48 bits per heavy atom. The fourth-order valence-electron chi connectivity index (χ4n) is 3.29. The van der Waals surface area contributed by atoms with Crippen molar-refractivity contribution in [1.29, 1.82) is 0 Å². The van der Waals surface area contributed by atoms with E-state index in [1.54, 1.807) is 43.7 Å². The number of anilines is 1. The van der Waals surface area contributed by atoms with Gasteiger partial charge in [-0.3, -0.25) is 4.79 Å². The van der Waals surface area contributed by atoms with Crippen molar-refractivity contribution in [1.82, 2.24) is 4.90 Å². The van der Waals surface area contributed by atoms with Crippen LogP contribution in [0.3, 0.4) is 0 Å². The van der Waals surface area contributed by atoms with Gasteiger partial charge in [-0.2, -0.15) is 0 Å². The van der Waals surface area contributed by atoms with Crippen LogP contribution in [0.2, 0.25) is 0 Å². The lowest BCUT2D eigenvalue weighted by molar-refractivity contribution is -0.115. The van der Waals surface area contributed by atoms with Crippen LogP contribution in [-0.2, 0) is 16.0 Å². The number of carbonyl (C=O) groups excluding carboxylic acids is 2. The number of likely N-dealkylation sites (N-methyl/N-ethyl adjacent to an activating group) is 1. The van der Waals surface area contributed by atoms with Crippen molar-refractivity contribution in [2.45, 2.75) is 20.3 Å². The van der Waals surface area contributed by atoms with Crippen molar-refractivity contribution >= 4 is 28.5 Å². The topological polar surface area (TPSA) is 81.0 Å². The molecule has 0 unspecified atom stereocenters. The van der Waals surface area contributed by atoms with Gasteiger partial charge >= 0.3 is 5.97 Å². The third-order valence-electron chi connectivity index (χ3n) is 5.15. The minimum Gasteiger partial charge on any atom is -0.497 e. The summed E-state index contributed by atoms with van der Waals surface area (Å²) in [5, 5.41) is 3.72. The van der Waals surface area contributed by atoms with Crippen LogP contribution in [0.1, 0.15) is 29.8 Å². The minimum absolute atomic E-state index is 0.173. The van der Waals surface area contributed by atoms with Gasteiger partial charge in [0.25, 0.3) is 0 Å². The first-order valence-corrected chi connectivity index (χ1v) is 10.4. The molecule has 0 aliphatic carbocycles. The molecule has 0 aliphatic rings. The first-order chi connectivity index (χ1) is 15.0. The van der Waals surface area contributed by atoms with Crippen molar-refractivity contribution in [3.63, 3.8) is 0 Å². The Hall–Kier alpha value is -3.32. The molecule has 7 heteroatoms. The molecule has 0 bridgehead atoms. The average molecular weight is 424 g/mol. The Balaban J connectivity index is 1.53. The number of esters is 1. The van der Waals surface area contributed by atoms with E-state index in [0.29, 0.717) is 35.7 Å². The number of rotatable bonds is 10. The van der Waals surface area contributed by atoms with E-state index < -0.39 is 0 Å². The van der Waals surface area contributed by atoms with Crippen LogP contribution in [-0.4, -0.2) is 50.1 Å². The highest BCUT2D eigenvalue weighted by Crippen LogP contribution is 2.26. The highest BCUT2D eigenvalue weighted by Gasteiger charge is 2.13. The molecule has 0 spiro atoms. The molecule has 7 nitrogen and oxygen atoms in total.